The summed E-state index contributed by atoms with van der Waals surface area (Å²) in [5.41, 5.74) is 6.10. The van der Waals surface area contributed by atoms with E-state index < -0.39 is 62.4 Å². The van der Waals surface area contributed by atoms with Crippen molar-refractivity contribution in [2.75, 3.05) is 19.0 Å². The predicted octanol–water partition coefficient (Wildman–Crippen LogP) is 9.38. The molecule has 0 unspecified atom stereocenters. The summed E-state index contributed by atoms with van der Waals surface area (Å²) >= 11 is 1.20. The van der Waals surface area contributed by atoms with Gasteiger partial charge in [0, 0.05) is 23.8 Å². The standard InChI is InChI=1S/C44H72NO11PS/c1-3-5-7-9-11-13-15-17-18-19-21-23-25-27-29-34-43(49)56-38(36-55-57(51,52)53)35-54-44(50)39(45)37-58-41(40(46)31-30-33-42(47)48)32-28-26-24-22-20-16-14-12-10-8-6-4-2/h5,7,11-14,17-18,20,22,24,26,28,32,38-41,46H,3-4,6,8-10,15-16,19,21,23,25,27,29-31,33-37,45H2,1-2H3,(H,47,48)(H2,51,52,53)/b7-5-,13-11-,14-12-,18-17-,22-20-,26-24+,32-28+/t38-,39+,40+,41-/m1/s1. The van der Waals surface area contributed by atoms with Crippen LogP contribution in [0.15, 0.2) is 85.1 Å². The first-order valence-electron chi connectivity index (χ1n) is 20.8. The van der Waals surface area contributed by atoms with Gasteiger partial charge in [-0.15, -0.1) is 11.8 Å². The van der Waals surface area contributed by atoms with Gasteiger partial charge < -0.3 is 35.2 Å². The van der Waals surface area contributed by atoms with Crippen LogP contribution >= 0.6 is 19.6 Å². The Morgan fingerprint density at radius 2 is 1.33 bits per heavy atom. The lowest BCUT2D eigenvalue weighted by Crippen LogP contribution is -2.38. The van der Waals surface area contributed by atoms with Crippen molar-refractivity contribution in [3.8, 4) is 0 Å². The lowest BCUT2D eigenvalue weighted by Gasteiger charge is -2.22. The SMILES string of the molecule is CC/C=C\C/C=C\C/C=C\CCCCCCCC(=O)O[C@H](COC(=O)[C@@H](N)CS[C@H](/C=C/C=C/C=C\C/C=C\CCCCC)[C@@H](O)CCCC(=O)O)COP(=O)(O)O. The average Bonchev–Trinajstić information content (AvgIpc) is 3.18. The van der Waals surface area contributed by atoms with Gasteiger partial charge in [0.15, 0.2) is 6.10 Å². The van der Waals surface area contributed by atoms with Gasteiger partial charge in [-0.3, -0.25) is 18.9 Å². The lowest BCUT2D eigenvalue weighted by atomic mass is 10.1. The van der Waals surface area contributed by atoms with Crippen LogP contribution in [0.3, 0.4) is 0 Å². The Labute approximate surface area is 352 Å². The second-order valence-corrected chi connectivity index (χ2v) is 16.2. The molecule has 0 amide bonds. The second-order valence-electron chi connectivity index (χ2n) is 13.8. The number of aliphatic hydroxyl groups is 1. The van der Waals surface area contributed by atoms with Crippen molar-refractivity contribution in [1.29, 1.82) is 0 Å². The topological polar surface area (TPSA) is 203 Å². The molecule has 0 fully saturated rings. The third kappa shape index (κ3) is 37.3. The Kier molecular flexibility index (Phi) is 36.2. The quantitative estimate of drug-likeness (QED) is 0.0130. The largest absolute Gasteiger partial charge is 0.481 e. The third-order valence-electron chi connectivity index (χ3n) is 8.39. The summed E-state index contributed by atoms with van der Waals surface area (Å²) in [4.78, 5) is 54.7. The average molecular weight is 854 g/mol. The summed E-state index contributed by atoms with van der Waals surface area (Å²) in [5, 5.41) is 19.3. The molecular formula is C44H72NO11PS. The molecule has 0 bridgehead atoms. The number of nitrogens with two attached hydrogens (primary N) is 1. The number of allylic oxidation sites excluding steroid dienone is 13. The first-order valence-corrected chi connectivity index (χ1v) is 23.4. The number of aliphatic carboxylic acids is 1. The van der Waals surface area contributed by atoms with E-state index in [1.165, 1.54) is 31.0 Å². The van der Waals surface area contributed by atoms with Gasteiger partial charge >= 0.3 is 25.7 Å². The van der Waals surface area contributed by atoms with Gasteiger partial charge in [-0.25, -0.2) is 4.57 Å². The maximum atomic E-state index is 12.8. The molecule has 0 aliphatic carbocycles. The van der Waals surface area contributed by atoms with Crippen LogP contribution in [-0.4, -0.2) is 80.4 Å². The number of rotatable bonds is 37. The van der Waals surface area contributed by atoms with Gasteiger partial charge in [0.2, 0.25) is 0 Å². The van der Waals surface area contributed by atoms with Crippen LogP contribution in [-0.2, 0) is 32.9 Å². The second kappa shape index (κ2) is 38.2. The lowest BCUT2D eigenvalue weighted by molar-refractivity contribution is -0.161. The number of phosphoric acid groups is 1. The van der Waals surface area contributed by atoms with Gasteiger partial charge in [0.25, 0.3) is 0 Å². The minimum atomic E-state index is -4.90. The molecule has 0 rings (SSSR count). The van der Waals surface area contributed by atoms with Crippen LogP contribution in [0.25, 0.3) is 0 Å². The molecule has 0 aromatic heterocycles. The number of ether oxygens (including phenoxy) is 2. The van der Waals surface area contributed by atoms with E-state index in [9.17, 15) is 33.8 Å². The Morgan fingerprint density at radius 1 is 0.724 bits per heavy atom. The van der Waals surface area contributed by atoms with Gasteiger partial charge in [0.05, 0.1) is 12.7 Å². The minimum absolute atomic E-state index is 0.0340. The first kappa shape index (κ1) is 55.0. The van der Waals surface area contributed by atoms with Crippen molar-refractivity contribution in [2.24, 2.45) is 5.73 Å². The molecule has 0 saturated heterocycles. The zero-order valence-corrected chi connectivity index (χ0v) is 36.5. The van der Waals surface area contributed by atoms with Gasteiger partial charge in [-0.1, -0.05) is 131 Å². The highest BCUT2D eigenvalue weighted by atomic mass is 32.2. The molecule has 0 radical (unpaired) electrons. The Balaban J connectivity index is 4.91. The number of hydrogen-bond acceptors (Lipinski definition) is 10. The molecular weight excluding hydrogens is 782 g/mol. The van der Waals surface area contributed by atoms with Crippen molar-refractivity contribution in [3.63, 3.8) is 0 Å². The van der Waals surface area contributed by atoms with Gasteiger partial charge in [-0.05, 0) is 70.6 Å². The van der Waals surface area contributed by atoms with Crippen molar-refractivity contribution < 1.29 is 52.9 Å². The third-order valence-corrected chi connectivity index (χ3v) is 10.3. The molecule has 330 valence electrons. The minimum Gasteiger partial charge on any atom is -0.481 e. The number of hydrogen-bond donors (Lipinski definition) is 5. The van der Waals surface area contributed by atoms with E-state index in [2.05, 4.69) is 67.0 Å². The number of thioether (sulfide) groups is 1. The van der Waals surface area contributed by atoms with E-state index in [0.29, 0.717) is 6.42 Å². The normalized spacial score (nSPS) is 14.9. The number of carbonyl (C=O) groups is 3. The molecule has 14 heteroatoms. The Morgan fingerprint density at radius 3 is 1.98 bits per heavy atom. The molecule has 0 aliphatic heterocycles. The number of carbonyl (C=O) groups excluding carboxylic acids is 2. The number of carboxylic acids is 1. The van der Waals surface area contributed by atoms with E-state index in [1.54, 1.807) is 12.2 Å². The predicted molar refractivity (Wildman–Crippen MR) is 235 cm³/mol. The van der Waals surface area contributed by atoms with E-state index in [4.69, 9.17) is 20.3 Å². The van der Waals surface area contributed by atoms with E-state index in [0.717, 1.165) is 64.2 Å². The molecule has 6 N–H and O–H groups in total. The van der Waals surface area contributed by atoms with Crippen molar-refractivity contribution in [1.82, 2.24) is 0 Å². The fourth-order valence-electron chi connectivity index (χ4n) is 5.18. The smallest absolute Gasteiger partial charge is 0.469 e. The molecule has 58 heavy (non-hydrogen) atoms. The van der Waals surface area contributed by atoms with Crippen LogP contribution in [0.4, 0.5) is 0 Å². The van der Waals surface area contributed by atoms with Crippen LogP contribution in [0.1, 0.15) is 129 Å². The fourth-order valence-corrected chi connectivity index (χ4v) is 6.67. The molecule has 0 saturated carbocycles. The van der Waals surface area contributed by atoms with Crippen molar-refractivity contribution in [3.05, 3.63) is 85.1 Å². The number of aliphatic hydroxyl groups excluding tert-OH is 1. The van der Waals surface area contributed by atoms with Crippen LogP contribution in [0.2, 0.25) is 0 Å². The molecule has 0 aromatic carbocycles. The molecule has 0 aromatic rings. The van der Waals surface area contributed by atoms with E-state index in [-0.39, 0.29) is 31.4 Å². The molecule has 12 nitrogen and oxygen atoms in total. The summed E-state index contributed by atoms with van der Waals surface area (Å²) in [6.45, 7) is 3.07. The number of phosphoric ester groups is 1. The summed E-state index contributed by atoms with van der Waals surface area (Å²) in [6.07, 6.45) is 40.6. The summed E-state index contributed by atoms with van der Waals surface area (Å²) in [7, 11) is -4.90. The zero-order valence-electron chi connectivity index (χ0n) is 34.8. The highest BCUT2D eigenvalue weighted by Gasteiger charge is 2.26. The van der Waals surface area contributed by atoms with Gasteiger partial charge in [0.1, 0.15) is 12.6 Å². The first-order chi connectivity index (χ1) is 27.9. The number of unbranched alkanes of at least 4 members (excludes halogenated alkanes) is 8. The maximum absolute atomic E-state index is 12.8. The number of carboxylic acid groups (broad SMARTS) is 1. The number of esters is 2. The summed E-state index contributed by atoms with van der Waals surface area (Å²) < 4.78 is 26.5. The monoisotopic (exact) mass is 853 g/mol. The summed E-state index contributed by atoms with van der Waals surface area (Å²) in [5.74, 6) is -2.38. The highest BCUT2D eigenvalue weighted by Crippen LogP contribution is 2.36. The highest BCUT2D eigenvalue weighted by molar-refractivity contribution is 8.00. The van der Waals surface area contributed by atoms with Crippen molar-refractivity contribution in [2.45, 2.75) is 153 Å². The fraction of sp³-hybridized carbons (Fsp3) is 0.614. The zero-order chi connectivity index (χ0) is 43.1. The molecule has 0 aliphatic rings. The van der Waals surface area contributed by atoms with Crippen LogP contribution in [0, 0.1) is 0 Å². The van der Waals surface area contributed by atoms with Crippen LogP contribution < -0.4 is 5.73 Å². The maximum Gasteiger partial charge on any atom is 0.469 e. The van der Waals surface area contributed by atoms with Crippen molar-refractivity contribution >= 4 is 37.5 Å². The molecule has 0 spiro atoms. The summed E-state index contributed by atoms with van der Waals surface area (Å²) in [6, 6.07) is -1.15. The Hall–Kier alpha value is -3.03. The van der Waals surface area contributed by atoms with E-state index >= 15 is 0 Å². The van der Waals surface area contributed by atoms with E-state index in [1.807, 2.05) is 24.3 Å². The Bertz CT molecular complexity index is 1340. The van der Waals surface area contributed by atoms with Crippen LogP contribution in [0.5, 0.6) is 0 Å². The van der Waals surface area contributed by atoms with Gasteiger partial charge in [-0.2, -0.15) is 0 Å². The molecule has 4 atom stereocenters. The molecule has 0 heterocycles.